The molecule has 1 amide bonds. The van der Waals surface area contributed by atoms with Gasteiger partial charge in [0.1, 0.15) is 5.82 Å². The minimum absolute atomic E-state index is 0.203. The van der Waals surface area contributed by atoms with Crippen molar-refractivity contribution in [3.63, 3.8) is 0 Å². The van der Waals surface area contributed by atoms with Crippen LogP contribution in [-0.4, -0.2) is 5.91 Å². The Balaban J connectivity index is 2.13. The highest BCUT2D eigenvalue weighted by atomic mass is 35.5. The summed E-state index contributed by atoms with van der Waals surface area (Å²) in [6, 6.07) is 10.2. The quantitative estimate of drug-likeness (QED) is 0.815. The third kappa shape index (κ3) is 4.17. The third-order valence-corrected chi connectivity index (χ3v) is 3.22. The first kappa shape index (κ1) is 15.3. The number of hydrogen-bond donors (Lipinski definition) is 1. The summed E-state index contributed by atoms with van der Waals surface area (Å²) in [4.78, 5) is 11.9. The van der Waals surface area contributed by atoms with Gasteiger partial charge in [0, 0.05) is 17.3 Å². The van der Waals surface area contributed by atoms with Crippen LogP contribution in [0.4, 0.5) is 10.1 Å². The van der Waals surface area contributed by atoms with Crippen molar-refractivity contribution in [1.29, 1.82) is 0 Å². The van der Waals surface area contributed by atoms with Gasteiger partial charge in [-0.3, -0.25) is 4.79 Å². The van der Waals surface area contributed by atoms with Crippen molar-refractivity contribution in [2.75, 3.05) is 5.32 Å². The first-order chi connectivity index (χ1) is 9.95. The third-order valence-electron chi connectivity index (χ3n) is 2.89. The van der Waals surface area contributed by atoms with Gasteiger partial charge in [-0.05, 0) is 55.3 Å². The number of carbonyl (C=O) groups excluding carboxylic acids is 1. The van der Waals surface area contributed by atoms with Crippen LogP contribution in [0.5, 0.6) is 0 Å². The van der Waals surface area contributed by atoms with Crippen LogP contribution in [-0.2, 0) is 4.79 Å². The Morgan fingerprint density at radius 3 is 2.48 bits per heavy atom. The maximum atomic E-state index is 13.6. The number of anilines is 1. The van der Waals surface area contributed by atoms with Crippen LogP contribution in [0, 0.1) is 19.7 Å². The molecular formula is C17H15ClFNO. The van der Waals surface area contributed by atoms with E-state index in [2.05, 4.69) is 5.32 Å². The number of aryl methyl sites for hydroxylation is 2. The van der Waals surface area contributed by atoms with Gasteiger partial charge in [0.15, 0.2) is 0 Å². The van der Waals surface area contributed by atoms with Crippen LogP contribution in [0.3, 0.4) is 0 Å². The lowest BCUT2D eigenvalue weighted by atomic mass is 10.1. The Labute approximate surface area is 128 Å². The van der Waals surface area contributed by atoms with Gasteiger partial charge < -0.3 is 5.32 Å². The van der Waals surface area contributed by atoms with Crippen LogP contribution in [0.1, 0.15) is 16.7 Å². The summed E-state index contributed by atoms with van der Waals surface area (Å²) in [7, 11) is 0. The van der Waals surface area contributed by atoms with Gasteiger partial charge in [-0.1, -0.05) is 23.7 Å². The number of carbonyl (C=O) groups is 1. The molecule has 0 aliphatic heterocycles. The van der Waals surface area contributed by atoms with Gasteiger partial charge >= 0.3 is 0 Å². The van der Waals surface area contributed by atoms with Crippen molar-refractivity contribution in [2.24, 2.45) is 0 Å². The fraction of sp³-hybridized carbons (Fsp3) is 0.118. The van der Waals surface area contributed by atoms with Gasteiger partial charge in [-0.2, -0.15) is 0 Å². The molecule has 0 bridgehead atoms. The number of amides is 1. The van der Waals surface area contributed by atoms with Gasteiger partial charge in [-0.15, -0.1) is 0 Å². The second kappa shape index (κ2) is 6.55. The fourth-order valence-corrected chi connectivity index (χ4v) is 2.29. The minimum Gasteiger partial charge on any atom is -0.322 e. The molecule has 2 nitrogen and oxygen atoms in total. The highest BCUT2D eigenvalue weighted by molar-refractivity contribution is 6.32. The predicted molar refractivity (Wildman–Crippen MR) is 85.0 cm³/mol. The minimum atomic E-state index is -0.460. The van der Waals surface area contributed by atoms with E-state index in [1.807, 2.05) is 32.0 Å². The van der Waals surface area contributed by atoms with Gasteiger partial charge in [0.25, 0.3) is 0 Å². The maximum absolute atomic E-state index is 13.6. The molecule has 0 aliphatic carbocycles. The molecule has 0 unspecified atom stereocenters. The number of rotatable bonds is 3. The largest absolute Gasteiger partial charge is 0.322 e. The van der Waals surface area contributed by atoms with Crippen molar-refractivity contribution in [3.05, 3.63) is 70.0 Å². The zero-order valence-corrected chi connectivity index (χ0v) is 12.5. The number of hydrogen-bond acceptors (Lipinski definition) is 1. The molecule has 2 aromatic rings. The molecule has 1 N–H and O–H groups in total. The van der Waals surface area contributed by atoms with Gasteiger partial charge in [0.2, 0.25) is 5.91 Å². The molecule has 0 atom stereocenters. The summed E-state index contributed by atoms with van der Waals surface area (Å²) in [5, 5.41) is 3.01. The standard InChI is InChI=1S/C17H15ClFNO/c1-11-8-12(2)10-13(9-11)20-17(21)7-6-14-15(18)4-3-5-16(14)19/h3-10H,1-2H3,(H,20,21). The SMILES string of the molecule is Cc1cc(C)cc(NC(=O)C=Cc2c(F)cccc2Cl)c1. The zero-order valence-electron chi connectivity index (χ0n) is 11.8. The lowest BCUT2D eigenvalue weighted by molar-refractivity contribution is -0.111. The summed E-state index contributed by atoms with van der Waals surface area (Å²) >= 11 is 5.89. The maximum Gasteiger partial charge on any atom is 0.248 e. The number of nitrogens with one attached hydrogen (secondary N) is 1. The molecule has 0 fully saturated rings. The average Bonchev–Trinajstić information content (AvgIpc) is 2.36. The average molecular weight is 304 g/mol. The molecule has 4 heteroatoms. The first-order valence-electron chi connectivity index (χ1n) is 6.47. The summed E-state index contributed by atoms with van der Waals surface area (Å²) in [5.74, 6) is -0.794. The molecule has 0 saturated carbocycles. The van der Waals surface area contributed by atoms with Crippen LogP contribution < -0.4 is 5.32 Å². The predicted octanol–water partition coefficient (Wildman–Crippen LogP) is 4.75. The monoisotopic (exact) mass is 303 g/mol. The summed E-state index contributed by atoms with van der Waals surface area (Å²) < 4.78 is 13.6. The molecule has 21 heavy (non-hydrogen) atoms. The van der Waals surface area contributed by atoms with Crippen LogP contribution in [0.25, 0.3) is 6.08 Å². The van der Waals surface area contributed by atoms with E-state index in [0.29, 0.717) is 5.69 Å². The highest BCUT2D eigenvalue weighted by Gasteiger charge is 2.04. The van der Waals surface area contributed by atoms with E-state index in [1.165, 1.54) is 24.3 Å². The Hall–Kier alpha value is -2.13. The van der Waals surface area contributed by atoms with Crippen molar-refractivity contribution in [1.82, 2.24) is 0 Å². The molecule has 0 heterocycles. The summed E-state index contributed by atoms with van der Waals surface area (Å²) in [6.45, 7) is 3.91. The Bertz CT molecular complexity index is 669. The normalized spacial score (nSPS) is 10.9. The smallest absolute Gasteiger partial charge is 0.248 e. The van der Waals surface area contributed by atoms with Crippen molar-refractivity contribution < 1.29 is 9.18 Å². The molecule has 0 spiro atoms. The van der Waals surface area contributed by atoms with Crippen LogP contribution >= 0.6 is 11.6 Å². The van der Waals surface area contributed by atoms with E-state index in [1.54, 1.807) is 6.07 Å². The molecule has 0 aromatic heterocycles. The van der Waals surface area contributed by atoms with E-state index >= 15 is 0 Å². The second-order valence-corrected chi connectivity index (χ2v) is 5.24. The molecule has 2 aromatic carbocycles. The Kier molecular flexibility index (Phi) is 4.76. The molecule has 0 radical (unpaired) electrons. The summed E-state index contributed by atoms with van der Waals surface area (Å²) in [5.41, 5.74) is 3.04. The number of benzene rings is 2. The van der Waals surface area contributed by atoms with Crippen molar-refractivity contribution >= 4 is 29.3 Å². The van der Waals surface area contributed by atoms with Gasteiger partial charge in [0.05, 0.1) is 5.02 Å². The van der Waals surface area contributed by atoms with Crippen LogP contribution in [0.15, 0.2) is 42.5 Å². The molecule has 108 valence electrons. The van der Waals surface area contributed by atoms with E-state index in [0.717, 1.165) is 11.1 Å². The fourth-order valence-electron chi connectivity index (χ4n) is 2.06. The second-order valence-electron chi connectivity index (χ2n) is 4.83. The molecular weight excluding hydrogens is 289 g/mol. The molecule has 0 aliphatic rings. The van der Waals surface area contributed by atoms with E-state index in [9.17, 15) is 9.18 Å². The van der Waals surface area contributed by atoms with Crippen molar-refractivity contribution in [3.8, 4) is 0 Å². The first-order valence-corrected chi connectivity index (χ1v) is 6.85. The van der Waals surface area contributed by atoms with E-state index < -0.39 is 5.82 Å². The van der Waals surface area contributed by atoms with E-state index in [-0.39, 0.29) is 16.5 Å². The lowest BCUT2D eigenvalue weighted by Crippen LogP contribution is -2.08. The van der Waals surface area contributed by atoms with E-state index in [4.69, 9.17) is 11.6 Å². The molecule has 0 saturated heterocycles. The summed E-state index contributed by atoms with van der Waals surface area (Å²) in [6.07, 6.45) is 2.64. The Morgan fingerprint density at radius 1 is 1.19 bits per heavy atom. The Morgan fingerprint density at radius 2 is 1.86 bits per heavy atom. The topological polar surface area (TPSA) is 29.1 Å². The lowest BCUT2D eigenvalue weighted by Gasteiger charge is -2.05. The zero-order chi connectivity index (χ0) is 15.4. The van der Waals surface area contributed by atoms with Gasteiger partial charge in [-0.25, -0.2) is 4.39 Å². The highest BCUT2D eigenvalue weighted by Crippen LogP contribution is 2.20. The molecule has 2 rings (SSSR count). The number of halogens is 2. The van der Waals surface area contributed by atoms with Crippen LogP contribution in [0.2, 0.25) is 5.02 Å². The van der Waals surface area contributed by atoms with Crippen molar-refractivity contribution in [2.45, 2.75) is 13.8 Å².